The van der Waals surface area contributed by atoms with E-state index in [4.69, 9.17) is 11.5 Å². The molecule has 1 fully saturated rings. The zero-order chi connectivity index (χ0) is 11.1. The van der Waals surface area contributed by atoms with Gasteiger partial charge in [0, 0.05) is 17.8 Å². The van der Waals surface area contributed by atoms with E-state index in [0.29, 0.717) is 11.9 Å². The molecule has 0 aliphatic heterocycles. The van der Waals surface area contributed by atoms with Crippen molar-refractivity contribution < 1.29 is 0 Å². The van der Waals surface area contributed by atoms with Crippen LogP contribution in [0.3, 0.4) is 0 Å². The fourth-order valence-electron chi connectivity index (χ4n) is 2.59. The van der Waals surface area contributed by atoms with Crippen LogP contribution in [0.15, 0.2) is 12.3 Å². The molecule has 1 aliphatic rings. The molecule has 1 aromatic rings. The predicted molar refractivity (Wildman–Crippen MR) is 62.6 cm³/mol. The van der Waals surface area contributed by atoms with Gasteiger partial charge in [-0.05, 0) is 37.2 Å². The molecule has 0 saturated heterocycles. The molecule has 2 rings (SSSR count). The Bertz CT molecular complexity index is 375. The molecular weight excluding hydrogens is 186 g/mol. The molecule has 82 valence electrons. The summed E-state index contributed by atoms with van der Waals surface area (Å²) in [5.74, 6) is 0.664. The number of nitrogens with two attached hydrogens (primary N) is 2. The minimum atomic E-state index is 0.128. The molecule has 0 bridgehead atoms. The van der Waals surface area contributed by atoms with Crippen molar-refractivity contribution in [2.24, 2.45) is 5.73 Å². The van der Waals surface area contributed by atoms with Crippen LogP contribution in [-0.4, -0.2) is 11.0 Å². The maximum absolute atomic E-state index is 5.97. The maximum atomic E-state index is 5.97. The van der Waals surface area contributed by atoms with E-state index < -0.39 is 0 Å². The van der Waals surface area contributed by atoms with E-state index in [-0.39, 0.29) is 5.41 Å². The first-order valence-electron chi connectivity index (χ1n) is 5.49. The van der Waals surface area contributed by atoms with Gasteiger partial charge in [-0.2, -0.15) is 0 Å². The van der Waals surface area contributed by atoms with Crippen molar-refractivity contribution in [3.63, 3.8) is 0 Å². The summed E-state index contributed by atoms with van der Waals surface area (Å²) >= 11 is 0. The fourth-order valence-corrected chi connectivity index (χ4v) is 2.59. The van der Waals surface area contributed by atoms with Crippen LogP contribution < -0.4 is 11.5 Å². The molecular formula is C12H19N3. The molecule has 2 unspecified atom stereocenters. The predicted octanol–water partition coefficient (Wildman–Crippen LogP) is 1.74. The van der Waals surface area contributed by atoms with E-state index in [9.17, 15) is 0 Å². The number of rotatable bonds is 1. The molecule has 0 spiro atoms. The summed E-state index contributed by atoms with van der Waals surface area (Å²) in [5.41, 5.74) is 14.4. The van der Waals surface area contributed by atoms with Crippen LogP contribution in [-0.2, 0) is 5.41 Å². The van der Waals surface area contributed by atoms with Crippen molar-refractivity contribution in [1.29, 1.82) is 0 Å². The molecule has 0 aromatic carbocycles. The number of aryl methyl sites for hydroxylation is 1. The molecule has 1 aliphatic carbocycles. The molecule has 15 heavy (non-hydrogen) atoms. The number of anilines is 1. The Kier molecular flexibility index (Phi) is 2.43. The number of pyridine rings is 1. The molecule has 1 saturated carbocycles. The summed E-state index contributed by atoms with van der Waals surface area (Å²) in [7, 11) is 0. The van der Waals surface area contributed by atoms with Gasteiger partial charge in [0.25, 0.3) is 0 Å². The number of nitrogen functional groups attached to an aromatic ring is 1. The van der Waals surface area contributed by atoms with Gasteiger partial charge in [0.15, 0.2) is 0 Å². The van der Waals surface area contributed by atoms with Gasteiger partial charge in [-0.3, -0.25) is 0 Å². The Labute approximate surface area is 90.9 Å². The van der Waals surface area contributed by atoms with Crippen LogP contribution in [0.5, 0.6) is 0 Å². The SMILES string of the molecule is Cc1cnc(N)c(C2(C)CCC(N)C2)c1. The van der Waals surface area contributed by atoms with Crippen molar-refractivity contribution in [2.45, 2.75) is 44.6 Å². The van der Waals surface area contributed by atoms with Crippen LogP contribution >= 0.6 is 0 Å². The first-order valence-corrected chi connectivity index (χ1v) is 5.49. The van der Waals surface area contributed by atoms with Gasteiger partial charge >= 0.3 is 0 Å². The Morgan fingerprint density at radius 3 is 2.87 bits per heavy atom. The van der Waals surface area contributed by atoms with Gasteiger partial charge in [-0.25, -0.2) is 4.98 Å². The highest BCUT2D eigenvalue weighted by Crippen LogP contribution is 2.42. The highest BCUT2D eigenvalue weighted by atomic mass is 14.8. The van der Waals surface area contributed by atoms with Crippen LogP contribution in [0, 0.1) is 6.92 Å². The highest BCUT2D eigenvalue weighted by Gasteiger charge is 2.36. The third-order valence-corrected chi connectivity index (χ3v) is 3.49. The molecule has 3 heteroatoms. The number of hydrogen-bond acceptors (Lipinski definition) is 3. The Hall–Kier alpha value is -1.09. The first kappa shape index (κ1) is 10.4. The molecule has 1 aromatic heterocycles. The third-order valence-electron chi connectivity index (χ3n) is 3.49. The van der Waals surface area contributed by atoms with E-state index in [2.05, 4.69) is 18.0 Å². The van der Waals surface area contributed by atoms with Gasteiger partial charge in [-0.15, -0.1) is 0 Å². The third kappa shape index (κ3) is 1.84. The summed E-state index contributed by atoms with van der Waals surface area (Å²) in [6.07, 6.45) is 5.03. The van der Waals surface area contributed by atoms with E-state index in [1.807, 2.05) is 13.1 Å². The Balaban J connectivity index is 2.40. The van der Waals surface area contributed by atoms with E-state index in [1.54, 1.807) is 0 Å². The minimum Gasteiger partial charge on any atom is -0.383 e. The zero-order valence-electron chi connectivity index (χ0n) is 9.46. The summed E-state index contributed by atoms with van der Waals surface area (Å²) in [6.45, 7) is 4.29. The summed E-state index contributed by atoms with van der Waals surface area (Å²) in [5, 5.41) is 0. The smallest absolute Gasteiger partial charge is 0.127 e. The second-order valence-electron chi connectivity index (χ2n) is 5.01. The lowest BCUT2D eigenvalue weighted by Crippen LogP contribution is -2.24. The maximum Gasteiger partial charge on any atom is 0.127 e. The van der Waals surface area contributed by atoms with E-state index >= 15 is 0 Å². The lowest BCUT2D eigenvalue weighted by atomic mass is 9.80. The van der Waals surface area contributed by atoms with E-state index in [0.717, 1.165) is 19.3 Å². The number of aromatic nitrogens is 1. The second kappa shape index (κ2) is 3.49. The lowest BCUT2D eigenvalue weighted by Gasteiger charge is -2.25. The minimum absolute atomic E-state index is 0.128. The quantitative estimate of drug-likeness (QED) is 0.734. The van der Waals surface area contributed by atoms with Gasteiger partial charge in [0.1, 0.15) is 5.82 Å². The molecule has 2 atom stereocenters. The lowest BCUT2D eigenvalue weighted by molar-refractivity contribution is 0.482. The van der Waals surface area contributed by atoms with Crippen LogP contribution in [0.25, 0.3) is 0 Å². The summed E-state index contributed by atoms with van der Waals surface area (Å²) < 4.78 is 0. The van der Waals surface area contributed by atoms with E-state index in [1.165, 1.54) is 11.1 Å². The molecule has 0 amide bonds. The van der Waals surface area contributed by atoms with Gasteiger partial charge in [0.2, 0.25) is 0 Å². The monoisotopic (exact) mass is 205 g/mol. The van der Waals surface area contributed by atoms with Crippen LogP contribution in [0.2, 0.25) is 0 Å². The normalized spacial score (nSPS) is 30.7. The van der Waals surface area contributed by atoms with Gasteiger partial charge < -0.3 is 11.5 Å². The van der Waals surface area contributed by atoms with Gasteiger partial charge in [-0.1, -0.05) is 13.0 Å². The summed E-state index contributed by atoms with van der Waals surface area (Å²) in [4.78, 5) is 4.23. The van der Waals surface area contributed by atoms with Crippen molar-refractivity contribution in [2.75, 3.05) is 5.73 Å². The summed E-state index contributed by atoms with van der Waals surface area (Å²) in [6, 6.07) is 2.47. The van der Waals surface area contributed by atoms with Crippen molar-refractivity contribution >= 4 is 5.82 Å². The zero-order valence-corrected chi connectivity index (χ0v) is 9.46. The average Bonchev–Trinajstić information content (AvgIpc) is 2.52. The fraction of sp³-hybridized carbons (Fsp3) is 0.583. The molecule has 0 radical (unpaired) electrons. The van der Waals surface area contributed by atoms with Crippen molar-refractivity contribution in [3.05, 3.63) is 23.4 Å². The molecule has 3 nitrogen and oxygen atoms in total. The second-order valence-corrected chi connectivity index (χ2v) is 5.01. The highest BCUT2D eigenvalue weighted by molar-refractivity contribution is 5.46. The molecule has 1 heterocycles. The Morgan fingerprint density at radius 1 is 1.53 bits per heavy atom. The van der Waals surface area contributed by atoms with Crippen LogP contribution in [0.4, 0.5) is 5.82 Å². The standard InChI is InChI=1S/C12H19N3/c1-8-5-10(11(14)15-7-8)12(2)4-3-9(13)6-12/h5,7,9H,3-4,6,13H2,1-2H3,(H2,14,15). The number of hydrogen-bond donors (Lipinski definition) is 2. The van der Waals surface area contributed by atoms with Crippen molar-refractivity contribution in [1.82, 2.24) is 4.98 Å². The first-order chi connectivity index (χ1) is 7.01. The van der Waals surface area contributed by atoms with Crippen molar-refractivity contribution in [3.8, 4) is 0 Å². The Morgan fingerprint density at radius 2 is 2.27 bits per heavy atom. The topological polar surface area (TPSA) is 64.9 Å². The average molecular weight is 205 g/mol. The van der Waals surface area contributed by atoms with Crippen LogP contribution in [0.1, 0.15) is 37.3 Å². The molecule has 4 N–H and O–H groups in total. The number of nitrogens with zero attached hydrogens (tertiary/aromatic N) is 1. The largest absolute Gasteiger partial charge is 0.383 e. The van der Waals surface area contributed by atoms with Gasteiger partial charge in [0.05, 0.1) is 0 Å².